The second kappa shape index (κ2) is 4.72. The number of carbonyl (C=O) groups excluding carboxylic acids is 1. The predicted molar refractivity (Wildman–Crippen MR) is 67.0 cm³/mol. The van der Waals surface area contributed by atoms with Gasteiger partial charge in [0.2, 0.25) is 5.91 Å². The van der Waals surface area contributed by atoms with Crippen LogP contribution in [0.15, 0.2) is 12.4 Å². The Balaban J connectivity index is 2.15. The first-order valence-corrected chi connectivity index (χ1v) is 6.27. The van der Waals surface area contributed by atoms with Gasteiger partial charge in [0.1, 0.15) is 5.54 Å². The van der Waals surface area contributed by atoms with Crippen molar-refractivity contribution in [1.29, 1.82) is 0 Å². The van der Waals surface area contributed by atoms with Gasteiger partial charge in [0, 0.05) is 25.4 Å². The molecule has 2 heterocycles. The van der Waals surface area contributed by atoms with Gasteiger partial charge in [-0.2, -0.15) is 5.10 Å². The van der Waals surface area contributed by atoms with E-state index in [1.165, 1.54) is 0 Å². The summed E-state index contributed by atoms with van der Waals surface area (Å²) >= 11 is 0. The molecule has 1 aliphatic heterocycles. The van der Waals surface area contributed by atoms with Crippen LogP contribution in [0.3, 0.4) is 0 Å². The molecule has 1 radical (unpaired) electrons. The third kappa shape index (κ3) is 2.41. The number of nitrogens with zero attached hydrogens (tertiary/aromatic N) is 3. The molecule has 1 fully saturated rings. The number of amides is 1. The zero-order valence-corrected chi connectivity index (χ0v) is 11.4. The first-order chi connectivity index (χ1) is 8.41. The molecule has 1 aromatic heterocycles. The molecule has 2 atom stereocenters. The lowest BCUT2D eigenvalue weighted by Crippen LogP contribution is -2.54. The van der Waals surface area contributed by atoms with E-state index in [0.717, 1.165) is 0 Å². The standard InChI is InChI=1S/C13H20N3O2/c1-10-8-15(9-11(2)18-10)12(17)13(3,4)16-7-5-6-14-16/h6-7,10-11H,8-9H2,1-4H3. The van der Waals surface area contributed by atoms with Gasteiger partial charge in [-0.05, 0) is 27.7 Å². The lowest BCUT2D eigenvalue weighted by atomic mass is 10.0. The largest absolute Gasteiger partial charge is 0.372 e. The second-order valence-corrected chi connectivity index (χ2v) is 5.41. The van der Waals surface area contributed by atoms with Crippen molar-refractivity contribution in [3.05, 3.63) is 18.5 Å². The van der Waals surface area contributed by atoms with Crippen LogP contribution in [-0.2, 0) is 15.1 Å². The van der Waals surface area contributed by atoms with Crippen LogP contribution in [-0.4, -0.2) is 45.9 Å². The summed E-state index contributed by atoms with van der Waals surface area (Å²) in [5.41, 5.74) is -0.684. The van der Waals surface area contributed by atoms with Crippen molar-refractivity contribution >= 4 is 5.91 Å². The zero-order chi connectivity index (χ0) is 13.3. The van der Waals surface area contributed by atoms with Crippen LogP contribution < -0.4 is 0 Å². The Morgan fingerprint density at radius 2 is 2.00 bits per heavy atom. The molecule has 0 bridgehead atoms. The molecule has 1 aliphatic rings. The molecule has 2 unspecified atom stereocenters. The third-order valence-corrected chi connectivity index (χ3v) is 3.26. The third-order valence-electron chi connectivity index (χ3n) is 3.26. The lowest BCUT2D eigenvalue weighted by molar-refractivity contribution is -0.151. The zero-order valence-electron chi connectivity index (χ0n) is 11.4. The Morgan fingerprint density at radius 3 is 2.50 bits per heavy atom. The molecule has 0 aliphatic carbocycles. The molecule has 2 rings (SSSR count). The molecule has 1 amide bonds. The summed E-state index contributed by atoms with van der Waals surface area (Å²) in [6, 6.07) is 2.87. The summed E-state index contributed by atoms with van der Waals surface area (Å²) in [6.07, 6.45) is 3.43. The SMILES string of the molecule is CC1CN(C(=O)C(C)(C)n2c[c]cn2)CC(C)O1. The van der Waals surface area contributed by atoms with Gasteiger partial charge in [-0.1, -0.05) is 0 Å². The Hall–Kier alpha value is -1.36. The molecule has 1 saturated heterocycles. The van der Waals surface area contributed by atoms with Crippen molar-refractivity contribution in [1.82, 2.24) is 14.7 Å². The van der Waals surface area contributed by atoms with E-state index < -0.39 is 5.54 Å². The minimum absolute atomic E-state index is 0.0709. The highest BCUT2D eigenvalue weighted by atomic mass is 16.5. The predicted octanol–water partition coefficient (Wildman–Crippen LogP) is 1.05. The van der Waals surface area contributed by atoms with Crippen molar-refractivity contribution in [3.63, 3.8) is 0 Å². The average Bonchev–Trinajstić information content (AvgIpc) is 2.80. The molecule has 0 saturated carbocycles. The summed E-state index contributed by atoms with van der Waals surface area (Å²) < 4.78 is 7.30. The van der Waals surface area contributed by atoms with Gasteiger partial charge < -0.3 is 9.64 Å². The van der Waals surface area contributed by atoms with E-state index in [-0.39, 0.29) is 18.1 Å². The Labute approximate surface area is 108 Å². The van der Waals surface area contributed by atoms with Crippen molar-refractivity contribution in [2.24, 2.45) is 0 Å². The fourth-order valence-electron chi connectivity index (χ4n) is 2.37. The van der Waals surface area contributed by atoms with Gasteiger partial charge in [-0.3, -0.25) is 9.48 Å². The van der Waals surface area contributed by atoms with Crippen molar-refractivity contribution in [2.45, 2.75) is 45.4 Å². The van der Waals surface area contributed by atoms with E-state index in [4.69, 9.17) is 4.74 Å². The van der Waals surface area contributed by atoms with Gasteiger partial charge in [0.05, 0.1) is 18.4 Å². The monoisotopic (exact) mass is 250 g/mol. The summed E-state index contributed by atoms with van der Waals surface area (Å²) in [7, 11) is 0. The highest BCUT2D eigenvalue weighted by molar-refractivity contribution is 5.83. The van der Waals surface area contributed by atoms with E-state index >= 15 is 0 Å². The van der Waals surface area contributed by atoms with E-state index in [2.05, 4.69) is 11.2 Å². The quantitative estimate of drug-likeness (QED) is 0.788. The van der Waals surface area contributed by atoms with Crippen LogP contribution in [0.25, 0.3) is 0 Å². The summed E-state index contributed by atoms with van der Waals surface area (Å²) in [4.78, 5) is 14.5. The van der Waals surface area contributed by atoms with Gasteiger partial charge in [-0.15, -0.1) is 0 Å². The van der Waals surface area contributed by atoms with Crippen molar-refractivity contribution in [2.75, 3.05) is 13.1 Å². The smallest absolute Gasteiger partial charge is 0.250 e. The molecular formula is C13H20N3O2. The Morgan fingerprint density at radius 1 is 1.39 bits per heavy atom. The fraction of sp³-hybridized carbons (Fsp3) is 0.692. The number of aromatic nitrogens is 2. The molecule has 0 spiro atoms. The van der Waals surface area contributed by atoms with Crippen LogP contribution in [0, 0.1) is 6.07 Å². The van der Waals surface area contributed by atoms with Crippen LogP contribution in [0.1, 0.15) is 27.7 Å². The van der Waals surface area contributed by atoms with Gasteiger partial charge in [0.15, 0.2) is 0 Å². The van der Waals surface area contributed by atoms with E-state index in [1.807, 2.05) is 32.6 Å². The summed E-state index contributed by atoms with van der Waals surface area (Å²) in [6.45, 7) is 9.01. The number of ether oxygens (including phenoxy) is 1. The maximum absolute atomic E-state index is 12.6. The molecular weight excluding hydrogens is 230 g/mol. The Kier molecular flexibility index (Phi) is 3.43. The molecule has 5 heteroatoms. The molecule has 18 heavy (non-hydrogen) atoms. The highest BCUT2D eigenvalue weighted by Gasteiger charge is 2.37. The van der Waals surface area contributed by atoms with Gasteiger partial charge in [-0.25, -0.2) is 0 Å². The molecule has 99 valence electrons. The maximum atomic E-state index is 12.6. The number of hydrogen-bond donors (Lipinski definition) is 0. The van der Waals surface area contributed by atoms with Crippen LogP contribution in [0.4, 0.5) is 0 Å². The van der Waals surface area contributed by atoms with Gasteiger partial charge in [0.25, 0.3) is 0 Å². The maximum Gasteiger partial charge on any atom is 0.250 e. The number of morpholine rings is 1. The normalized spacial score (nSPS) is 25.2. The molecule has 0 aromatic carbocycles. The molecule has 1 aromatic rings. The lowest BCUT2D eigenvalue weighted by Gasteiger charge is -2.39. The average molecular weight is 250 g/mol. The van der Waals surface area contributed by atoms with E-state index in [9.17, 15) is 4.79 Å². The Bertz CT molecular complexity index is 404. The first kappa shape index (κ1) is 13.1. The van der Waals surface area contributed by atoms with Crippen LogP contribution in [0.5, 0.6) is 0 Å². The van der Waals surface area contributed by atoms with E-state index in [1.54, 1.807) is 17.1 Å². The minimum atomic E-state index is -0.684. The van der Waals surface area contributed by atoms with Crippen LogP contribution >= 0.6 is 0 Å². The first-order valence-electron chi connectivity index (χ1n) is 6.27. The van der Waals surface area contributed by atoms with Crippen molar-refractivity contribution in [3.8, 4) is 0 Å². The fourth-order valence-corrected chi connectivity index (χ4v) is 2.37. The molecule has 0 N–H and O–H groups in total. The second-order valence-electron chi connectivity index (χ2n) is 5.41. The number of hydrogen-bond acceptors (Lipinski definition) is 3. The van der Waals surface area contributed by atoms with Crippen LogP contribution in [0.2, 0.25) is 0 Å². The van der Waals surface area contributed by atoms with Gasteiger partial charge >= 0.3 is 0 Å². The topological polar surface area (TPSA) is 47.4 Å². The molecule has 5 nitrogen and oxygen atoms in total. The van der Waals surface area contributed by atoms with Crippen molar-refractivity contribution < 1.29 is 9.53 Å². The highest BCUT2D eigenvalue weighted by Crippen LogP contribution is 2.20. The number of rotatable bonds is 2. The number of carbonyl (C=O) groups is 1. The summed E-state index contributed by atoms with van der Waals surface area (Å²) in [5.74, 6) is 0.0709. The van der Waals surface area contributed by atoms with E-state index in [0.29, 0.717) is 13.1 Å². The minimum Gasteiger partial charge on any atom is -0.372 e. The summed E-state index contributed by atoms with van der Waals surface area (Å²) in [5, 5.41) is 4.12.